The van der Waals surface area contributed by atoms with Crippen molar-refractivity contribution in [1.82, 2.24) is 0 Å². The number of aliphatic hydroxyl groups excluding tert-OH is 1. The van der Waals surface area contributed by atoms with Gasteiger partial charge >= 0.3 is 0 Å². The zero-order chi connectivity index (χ0) is 13.0. The summed E-state index contributed by atoms with van der Waals surface area (Å²) in [4.78, 5) is 0. The van der Waals surface area contributed by atoms with E-state index in [4.69, 9.17) is 9.84 Å². The van der Waals surface area contributed by atoms with Crippen LogP contribution in [0.4, 0.5) is 0 Å². The van der Waals surface area contributed by atoms with Crippen LogP contribution in [0, 0.1) is 0 Å². The van der Waals surface area contributed by atoms with Gasteiger partial charge in [-0.1, -0.05) is 30.3 Å². The second kappa shape index (κ2) is 5.42. The van der Waals surface area contributed by atoms with E-state index in [1.165, 1.54) is 12.1 Å². The minimum absolute atomic E-state index is 0.104. The fourth-order valence-electron chi connectivity index (χ4n) is 1.64. The predicted octanol–water partition coefficient (Wildman–Crippen LogP) is 2.17. The third kappa shape index (κ3) is 2.73. The van der Waals surface area contributed by atoms with Crippen LogP contribution >= 0.6 is 0 Å². The molecule has 2 rings (SSSR count). The lowest BCUT2D eigenvalue weighted by Gasteiger charge is -2.12. The molecule has 0 aliphatic rings. The van der Waals surface area contributed by atoms with E-state index < -0.39 is 0 Å². The van der Waals surface area contributed by atoms with E-state index >= 15 is 0 Å². The maximum absolute atomic E-state index is 9.57. The predicted molar refractivity (Wildman–Crippen MR) is 66.5 cm³/mol. The average molecular weight is 246 g/mol. The summed E-state index contributed by atoms with van der Waals surface area (Å²) in [7, 11) is 0. The maximum atomic E-state index is 9.57. The third-order valence-electron chi connectivity index (χ3n) is 2.57. The highest BCUT2D eigenvalue weighted by atomic mass is 16.5. The van der Waals surface area contributed by atoms with Crippen molar-refractivity contribution in [3.63, 3.8) is 0 Å². The first-order valence-electron chi connectivity index (χ1n) is 5.53. The van der Waals surface area contributed by atoms with Gasteiger partial charge in [0.2, 0.25) is 0 Å². The summed E-state index contributed by atoms with van der Waals surface area (Å²) in [6, 6.07) is 12.0. The molecule has 3 N–H and O–H groups in total. The second-order valence-corrected chi connectivity index (χ2v) is 3.87. The Bertz CT molecular complexity index is 523. The Morgan fingerprint density at radius 2 is 1.72 bits per heavy atom. The molecule has 0 radical (unpaired) electrons. The molecule has 4 heteroatoms. The van der Waals surface area contributed by atoms with Crippen LogP contribution in [-0.4, -0.2) is 15.3 Å². The van der Waals surface area contributed by atoms with E-state index in [1.807, 2.05) is 30.3 Å². The zero-order valence-electron chi connectivity index (χ0n) is 9.71. The smallest absolute Gasteiger partial charge is 0.132 e. The Kier molecular flexibility index (Phi) is 3.69. The third-order valence-corrected chi connectivity index (χ3v) is 2.57. The summed E-state index contributed by atoms with van der Waals surface area (Å²) in [6.45, 7) is -0.0486. The number of rotatable bonds is 4. The Morgan fingerprint density at radius 1 is 1.00 bits per heavy atom. The van der Waals surface area contributed by atoms with E-state index in [1.54, 1.807) is 0 Å². The molecular formula is C14H14O4. The fourth-order valence-corrected chi connectivity index (χ4v) is 1.64. The van der Waals surface area contributed by atoms with Crippen LogP contribution in [0.15, 0.2) is 42.5 Å². The summed E-state index contributed by atoms with van der Waals surface area (Å²) in [5.41, 5.74) is 1.23. The minimum Gasteiger partial charge on any atom is -0.508 e. The number of aliphatic hydroxyl groups is 1. The lowest BCUT2D eigenvalue weighted by atomic mass is 10.1. The van der Waals surface area contributed by atoms with Gasteiger partial charge < -0.3 is 20.1 Å². The number of hydrogen-bond acceptors (Lipinski definition) is 4. The summed E-state index contributed by atoms with van der Waals surface area (Å²) in [5.74, 6) is -0.00724. The molecule has 0 saturated heterocycles. The second-order valence-electron chi connectivity index (χ2n) is 3.87. The Labute approximate surface area is 105 Å². The molecule has 0 bridgehead atoms. The lowest BCUT2D eigenvalue weighted by molar-refractivity contribution is 0.251. The van der Waals surface area contributed by atoms with Crippen molar-refractivity contribution in [3.8, 4) is 17.2 Å². The Hall–Kier alpha value is -2.20. The van der Waals surface area contributed by atoms with E-state index in [0.29, 0.717) is 6.61 Å². The van der Waals surface area contributed by atoms with Crippen LogP contribution in [0.3, 0.4) is 0 Å². The van der Waals surface area contributed by atoms with Gasteiger partial charge in [0.15, 0.2) is 0 Å². The van der Waals surface area contributed by atoms with Gasteiger partial charge in [-0.3, -0.25) is 0 Å². The first-order valence-corrected chi connectivity index (χ1v) is 5.53. The van der Waals surface area contributed by atoms with Crippen LogP contribution in [0.1, 0.15) is 11.1 Å². The van der Waals surface area contributed by atoms with Crippen molar-refractivity contribution in [2.75, 3.05) is 0 Å². The first-order chi connectivity index (χ1) is 8.70. The van der Waals surface area contributed by atoms with Crippen LogP contribution < -0.4 is 4.74 Å². The molecule has 2 aromatic rings. The number of hydrogen-bond donors (Lipinski definition) is 3. The molecule has 0 amide bonds. The number of phenols is 2. The van der Waals surface area contributed by atoms with Crippen LogP contribution in [0.2, 0.25) is 0 Å². The van der Waals surface area contributed by atoms with Crippen LogP contribution in [0.25, 0.3) is 0 Å². The average Bonchev–Trinajstić information content (AvgIpc) is 2.37. The lowest BCUT2D eigenvalue weighted by Crippen LogP contribution is -1.99. The van der Waals surface area contributed by atoms with Crippen molar-refractivity contribution in [1.29, 1.82) is 0 Å². The number of phenolic OH excluding ortho intramolecular Hbond substituents is 1. The summed E-state index contributed by atoms with van der Waals surface area (Å²) in [5, 5.41) is 28.1. The largest absolute Gasteiger partial charge is 0.508 e. The van der Waals surface area contributed by atoms with Gasteiger partial charge in [0.25, 0.3) is 0 Å². The van der Waals surface area contributed by atoms with Gasteiger partial charge in [0.05, 0.1) is 12.2 Å². The quantitative estimate of drug-likeness (QED) is 0.773. The van der Waals surface area contributed by atoms with Gasteiger partial charge in [-0.05, 0) is 5.56 Å². The Balaban J connectivity index is 2.18. The number of benzene rings is 2. The highest BCUT2D eigenvalue weighted by Crippen LogP contribution is 2.33. The molecule has 0 fully saturated rings. The number of ether oxygens (including phenoxy) is 1. The topological polar surface area (TPSA) is 69.9 Å². The van der Waals surface area contributed by atoms with E-state index in [-0.39, 0.29) is 29.4 Å². The number of aromatic hydroxyl groups is 2. The van der Waals surface area contributed by atoms with Crippen LogP contribution in [0.5, 0.6) is 17.2 Å². The van der Waals surface area contributed by atoms with Crippen molar-refractivity contribution >= 4 is 0 Å². The highest BCUT2D eigenvalue weighted by molar-refractivity contribution is 5.49. The van der Waals surface area contributed by atoms with Gasteiger partial charge in [0.1, 0.15) is 23.9 Å². The summed E-state index contributed by atoms with van der Waals surface area (Å²) in [6.07, 6.45) is 0. The van der Waals surface area contributed by atoms with Crippen molar-refractivity contribution in [3.05, 3.63) is 53.6 Å². The molecule has 0 saturated carbocycles. The van der Waals surface area contributed by atoms with Gasteiger partial charge in [-0.15, -0.1) is 0 Å². The zero-order valence-corrected chi connectivity index (χ0v) is 9.71. The fraction of sp³-hybridized carbons (Fsp3) is 0.143. The highest BCUT2D eigenvalue weighted by Gasteiger charge is 2.10. The van der Waals surface area contributed by atoms with Crippen LogP contribution in [-0.2, 0) is 13.2 Å². The molecule has 0 unspecified atom stereocenters. The molecule has 4 nitrogen and oxygen atoms in total. The standard InChI is InChI=1S/C14H14O4/c15-8-12-13(17)6-11(16)7-14(12)18-9-10-4-2-1-3-5-10/h1-7,15-17H,8-9H2. The van der Waals surface area contributed by atoms with Gasteiger partial charge in [0, 0.05) is 12.1 Å². The molecule has 0 aromatic heterocycles. The van der Waals surface area contributed by atoms with Crippen molar-refractivity contribution < 1.29 is 20.1 Å². The molecule has 0 spiro atoms. The SMILES string of the molecule is OCc1c(O)cc(O)cc1OCc1ccccc1. The molecule has 0 aliphatic heterocycles. The van der Waals surface area contributed by atoms with E-state index in [9.17, 15) is 10.2 Å². The normalized spacial score (nSPS) is 10.3. The minimum atomic E-state index is -0.351. The molecule has 0 atom stereocenters. The van der Waals surface area contributed by atoms with Crippen molar-refractivity contribution in [2.24, 2.45) is 0 Å². The molecule has 94 valence electrons. The summed E-state index contributed by atoms with van der Waals surface area (Å²) >= 11 is 0. The van der Waals surface area contributed by atoms with Gasteiger partial charge in [-0.25, -0.2) is 0 Å². The maximum Gasteiger partial charge on any atom is 0.132 e. The summed E-state index contributed by atoms with van der Waals surface area (Å²) < 4.78 is 5.50. The molecule has 2 aromatic carbocycles. The molecular weight excluding hydrogens is 232 g/mol. The monoisotopic (exact) mass is 246 g/mol. The first kappa shape index (κ1) is 12.3. The molecule has 18 heavy (non-hydrogen) atoms. The molecule has 0 aliphatic carbocycles. The van der Waals surface area contributed by atoms with Crippen molar-refractivity contribution in [2.45, 2.75) is 13.2 Å². The Morgan fingerprint density at radius 3 is 2.39 bits per heavy atom. The van der Waals surface area contributed by atoms with E-state index in [0.717, 1.165) is 5.56 Å². The van der Waals surface area contributed by atoms with E-state index in [2.05, 4.69) is 0 Å². The van der Waals surface area contributed by atoms with Gasteiger partial charge in [-0.2, -0.15) is 0 Å². The molecule has 0 heterocycles.